The maximum Gasteiger partial charge on any atom is 0.311 e. The number of carboxylic acids is 1. The molecule has 3 rings (SSSR count). The lowest BCUT2D eigenvalue weighted by Crippen LogP contribution is -2.14. The SMILES string of the molecule is CCSCSCC(C(=O)O)c1cccc(/C=C/c2ccc3ccc(C)cc3n2)c1. The first-order valence-electron chi connectivity index (χ1n) is 9.60. The lowest BCUT2D eigenvalue weighted by atomic mass is 9.99. The standard InChI is InChI=1S/C24H25NO2S2/c1-3-28-16-29-15-22(24(26)27)20-6-4-5-18(14-20)8-11-21-12-10-19-9-7-17(2)13-23(19)25-21/h4-14,22H,3,15-16H2,1-2H3,(H,26,27)/b11-8+. The first-order valence-corrected chi connectivity index (χ1v) is 11.9. The Balaban J connectivity index is 1.76. The van der Waals surface area contributed by atoms with Gasteiger partial charge >= 0.3 is 5.97 Å². The van der Waals surface area contributed by atoms with E-state index in [1.165, 1.54) is 5.56 Å². The average Bonchev–Trinajstić information content (AvgIpc) is 2.72. The van der Waals surface area contributed by atoms with E-state index < -0.39 is 11.9 Å². The van der Waals surface area contributed by atoms with E-state index in [4.69, 9.17) is 4.98 Å². The predicted molar refractivity (Wildman–Crippen MR) is 128 cm³/mol. The Morgan fingerprint density at radius 1 is 1.10 bits per heavy atom. The highest BCUT2D eigenvalue weighted by Crippen LogP contribution is 2.25. The van der Waals surface area contributed by atoms with Crippen molar-refractivity contribution in [2.75, 3.05) is 16.6 Å². The molecule has 3 nitrogen and oxygen atoms in total. The van der Waals surface area contributed by atoms with Gasteiger partial charge in [0.25, 0.3) is 0 Å². The van der Waals surface area contributed by atoms with Gasteiger partial charge in [0, 0.05) is 16.2 Å². The summed E-state index contributed by atoms with van der Waals surface area (Å²) in [5.74, 6) is 0.369. The van der Waals surface area contributed by atoms with Crippen LogP contribution >= 0.6 is 23.5 Å². The van der Waals surface area contributed by atoms with E-state index in [9.17, 15) is 9.90 Å². The van der Waals surface area contributed by atoms with Gasteiger partial charge in [0.2, 0.25) is 0 Å². The number of pyridine rings is 1. The molecule has 29 heavy (non-hydrogen) atoms. The number of thioether (sulfide) groups is 2. The molecule has 2 aromatic carbocycles. The minimum atomic E-state index is -0.772. The van der Waals surface area contributed by atoms with Gasteiger partial charge in [-0.3, -0.25) is 4.79 Å². The molecule has 0 saturated carbocycles. The van der Waals surface area contributed by atoms with Crippen LogP contribution in [0.2, 0.25) is 0 Å². The number of fused-ring (bicyclic) bond motifs is 1. The zero-order chi connectivity index (χ0) is 20.6. The van der Waals surface area contributed by atoms with Crippen molar-refractivity contribution in [2.45, 2.75) is 19.8 Å². The van der Waals surface area contributed by atoms with Gasteiger partial charge in [-0.1, -0.05) is 55.5 Å². The maximum absolute atomic E-state index is 11.8. The van der Waals surface area contributed by atoms with E-state index in [-0.39, 0.29) is 0 Å². The maximum atomic E-state index is 11.8. The summed E-state index contributed by atoms with van der Waals surface area (Å²) in [5.41, 5.74) is 4.88. The number of aliphatic carboxylic acids is 1. The van der Waals surface area contributed by atoms with Crippen molar-refractivity contribution >= 4 is 52.5 Å². The molecule has 0 bridgehead atoms. The predicted octanol–water partition coefficient (Wildman–Crippen LogP) is 6.33. The number of aryl methyl sites for hydroxylation is 1. The second-order valence-electron chi connectivity index (χ2n) is 6.81. The minimum Gasteiger partial charge on any atom is -0.481 e. The van der Waals surface area contributed by atoms with Crippen molar-refractivity contribution in [3.8, 4) is 0 Å². The zero-order valence-electron chi connectivity index (χ0n) is 16.7. The summed E-state index contributed by atoms with van der Waals surface area (Å²) in [7, 11) is 0. The van der Waals surface area contributed by atoms with Crippen molar-refractivity contribution in [1.29, 1.82) is 0 Å². The fourth-order valence-corrected chi connectivity index (χ4v) is 5.11. The number of benzene rings is 2. The van der Waals surface area contributed by atoms with Crippen LogP contribution in [0.5, 0.6) is 0 Å². The summed E-state index contributed by atoms with van der Waals surface area (Å²) < 4.78 is 0. The van der Waals surface area contributed by atoms with Crippen LogP contribution in [0.25, 0.3) is 23.1 Å². The fourth-order valence-electron chi connectivity index (χ4n) is 3.02. The Hall–Kier alpha value is -2.24. The number of hydrogen-bond acceptors (Lipinski definition) is 4. The lowest BCUT2D eigenvalue weighted by molar-refractivity contribution is -0.138. The first kappa shape index (κ1) is 21.5. The van der Waals surface area contributed by atoms with Gasteiger partial charge in [-0.05, 0) is 47.6 Å². The van der Waals surface area contributed by atoms with E-state index in [2.05, 4.69) is 38.1 Å². The van der Waals surface area contributed by atoms with Crippen LogP contribution in [0.4, 0.5) is 0 Å². The van der Waals surface area contributed by atoms with Crippen molar-refractivity contribution in [3.05, 3.63) is 77.0 Å². The molecule has 1 aromatic heterocycles. The normalized spacial score (nSPS) is 12.5. The molecular formula is C24H25NO2S2. The van der Waals surface area contributed by atoms with Crippen LogP contribution in [-0.4, -0.2) is 32.7 Å². The summed E-state index contributed by atoms with van der Waals surface area (Å²) in [6.45, 7) is 4.18. The molecule has 0 radical (unpaired) electrons. The number of hydrogen-bond donors (Lipinski definition) is 1. The molecule has 0 aliphatic carbocycles. The highest BCUT2D eigenvalue weighted by molar-refractivity contribution is 8.15. The average molecular weight is 424 g/mol. The molecule has 0 saturated heterocycles. The van der Waals surface area contributed by atoms with Crippen molar-refractivity contribution in [3.63, 3.8) is 0 Å². The summed E-state index contributed by atoms with van der Waals surface area (Å²) in [6.07, 6.45) is 3.97. The highest BCUT2D eigenvalue weighted by Gasteiger charge is 2.19. The van der Waals surface area contributed by atoms with Crippen molar-refractivity contribution in [1.82, 2.24) is 4.98 Å². The molecule has 1 N–H and O–H groups in total. The fraction of sp³-hybridized carbons (Fsp3) is 0.250. The number of rotatable bonds is 9. The largest absolute Gasteiger partial charge is 0.481 e. The summed E-state index contributed by atoms with van der Waals surface area (Å²) in [6, 6.07) is 18.1. The Morgan fingerprint density at radius 3 is 2.72 bits per heavy atom. The molecular weight excluding hydrogens is 398 g/mol. The summed E-state index contributed by atoms with van der Waals surface area (Å²) in [4.78, 5) is 16.5. The van der Waals surface area contributed by atoms with Gasteiger partial charge in [-0.15, -0.1) is 11.8 Å². The van der Waals surface area contributed by atoms with Gasteiger partial charge in [-0.25, -0.2) is 4.98 Å². The minimum absolute atomic E-state index is 0.493. The van der Waals surface area contributed by atoms with E-state index in [0.29, 0.717) is 5.75 Å². The van der Waals surface area contributed by atoms with Gasteiger partial charge < -0.3 is 5.11 Å². The van der Waals surface area contributed by atoms with Gasteiger partial charge in [0.05, 0.1) is 17.1 Å². The Labute approximate surface area is 180 Å². The van der Waals surface area contributed by atoms with E-state index in [0.717, 1.165) is 38.6 Å². The second kappa shape index (κ2) is 10.5. The zero-order valence-corrected chi connectivity index (χ0v) is 18.3. The van der Waals surface area contributed by atoms with Crippen LogP contribution < -0.4 is 0 Å². The molecule has 150 valence electrons. The monoisotopic (exact) mass is 423 g/mol. The molecule has 1 unspecified atom stereocenters. The van der Waals surface area contributed by atoms with Crippen molar-refractivity contribution < 1.29 is 9.90 Å². The molecule has 0 aliphatic heterocycles. The molecule has 5 heteroatoms. The molecule has 0 spiro atoms. The topological polar surface area (TPSA) is 50.2 Å². The smallest absolute Gasteiger partial charge is 0.311 e. The quantitative estimate of drug-likeness (QED) is 0.322. The first-order chi connectivity index (χ1) is 14.1. The number of nitrogens with zero attached hydrogens (tertiary/aromatic N) is 1. The van der Waals surface area contributed by atoms with Crippen LogP contribution in [0.15, 0.2) is 54.6 Å². The van der Waals surface area contributed by atoms with Crippen LogP contribution in [0, 0.1) is 6.92 Å². The molecule has 1 heterocycles. The molecule has 0 aliphatic rings. The summed E-state index contributed by atoms with van der Waals surface area (Å²) >= 11 is 3.50. The number of carboxylic acid groups (broad SMARTS) is 1. The van der Waals surface area contributed by atoms with Crippen LogP contribution in [0.1, 0.15) is 35.2 Å². The molecule has 0 amide bonds. The van der Waals surface area contributed by atoms with Crippen molar-refractivity contribution in [2.24, 2.45) is 0 Å². The van der Waals surface area contributed by atoms with E-state index >= 15 is 0 Å². The lowest BCUT2D eigenvalue weighted by Gasteiger charge is -2.13. The van der Waals surface area contributed by atoms with Gasteiger partial charge in [-0.2, -0.15) is 11.8 Å². The summed E-state index contributed by atoms with van der Waals surface area (Å²) in [5, 5.41) is 11.7. The van der Waals surface area contributed by atoms with E-state index in [1.807, 2.05) is 54.2 Å². The van der Waals surface area contributed by atoms with Crippen LogP contribution in [-0.2, 0) is 4.79 Å². The van der Waals surface area contributed by atoms with Gasteiger partial charge in [0.1, 0.15) is 0 Å². The van der Waals surface area contributed by atoms with Gasteiger partial charge in [0.15, 0.2) is 0 Å². The molecule has 3 aromatic rings. The Bertz CT molecular complexity index is 1020. The van der Waals surface area contributed by atoms with Crippen LogP contribution in [0.3, 0.4) is 0 Å². The highest BCUT2D eigenvalue weighted by atomic mass is 32.2. The number of aromatic nitrogens is 1. The molecule has 1 atom stereocenters. The molecule has 0 fully saturated rings. The third-order valence-corrected chi connectivity index (χ3v) is 6.89. The Morgan fingerprint density at radius 2 is 1.93 bits per heavy atom. The van der Waals surface area contributed by atoms with E-state index in [1.54, 1.807) is 11.8 Å². The number of carbonyl (C=O) groups is 1. The third-order valence-electron chi connectivity index (χ3n) is 4.58. The Kier molecular flexibility index (Phi) is 7.78. The third kappa shape index (κ3) is 6.12. The second-order valence-corrected chi connectivity index (χ2v) is 9.48.